The van der Waals surface area contributed by atoms with Crippen LogP contribution < -0.4 is 4.90 Å². The molecule has 1 atom stereocenters. The number of halogens is 2. The second-order valence-corrected chi connectivity index (χ2v) is 8.41. The monoisotopic (exact) mass is 431 g/mol. The summed E-state index contributed by atoms with van der Waals surface area (Å²) in [4.78, 5) is 31.1. The third-order valence-electron chi connectivity index (χ3n) is 5.64. The van der Waals surface area contributed by atoms with Crippen molar-refractivity contribution in [1.29, 1.82) is 0 Å². The number of amides is 2. The van der Waals surface area contributed by atoms with Crippen molar-refractivity contribution in [2.75, 3.05) is 37.7 Å². The highest BCUT2D eigenvalue weighted by Crippen LogP contribution is 2.28. The van der Waals surface area contributed by atoms with Gasteiger partial charge in [-0.25, -0.2) is 0 Å². The maximum Gasteiger partial charge on any atom is 0.234 e. The molecule has 2 amide bonds. The molecule has 0 bridgehead atoms. The number of benzene rings is 2. The van der Waals surface area contributed by atoms with Gasteiger partial charge in [-0.1, -0.05) is 53.5 Å². The third kappa shape index (κ3) is 4.58. The highest BCUT2D eigenvalue weighted by molar-refractivity contribution is 6.42. The number of imide groups is 1. The molecule has 7 heteroatoms. The molecule has 2 heterocycles. The minimum Gasteiger partial charge on any atom is -0.369 e. The van der Waals surface area contributed by atoms with Crippen LogP contribution in [0, 0.1) is 5.92 Å². The standard InChI is InChI=1S/C22H23Cl2N3O2/c23-19-7-6-18(14-20(19)24)26-10-8-25(9-11-26)15-27-21(28)13-17(22(27)29)12-16-4-2-1-3-5-16/h1-7,14,17H,8-13,15H2. The molecule has 0 spiro atoms. The van der Waals surface area contributed by atoms with Crippen LogP contribution in [0.15, 0.2) is 48.5 Å². The molecule has 0 radical (unpaired) electrons. The van der Waals surface area contributed by atoms with Crippen molar-refractivity contribution in [3.63, 3.8) is 0 Å². The van der Waals surface area contributed by atoms with Crippen LogP contribution in [0.5, 0.6) is 0 Å². The molecule has 0 saturated carbocycles. The van der Waals surface area contributed by atoms with Crippen LogP contribution in [0.4, 0.5) is 5.69 Å². The molecule has 5 nitrogen and oxygen atoms in total. The number of carbonyl (C=O) groups excluding carboxylic acids is 2. The normalized spacial score (nSPS) is 20.6. The third-order valence-corrected chi connectivity index (χ3v) is 6.38. The maximum atomic E-state index is 12.8. The zero-order valence-electron chi connectivity index (χ0n) is 16.1. The topological polar surface area (TPSA) is 43.9 Å². The largest absolute Gasteiger partial charge is 0.369 e. The summed E-state index contributed by atoms with van der Waals surface area (Å²) in [6.07, 6.45) is 0.921. The van der Waals surface area contributed by atoms with Crippen molar-refractivity contribution in [2.45, 2.75) is 12.8 Å². The molecule has 2 fully saturated rings. The lowest BCUT2D eigenvalue weighted by molar-refractivity contribution is -0.141. The second-order valence-electron chi connectivity index (χ2n) is 7.60. The molecule has 1 unspecified atom stereocenters. The van der Waals surface area contributed by atoms with Gasteiger partial charge in [0.25, 0.3) is 0 Å². The Morgan fingerprint density at radius 3 is 2.31 bits per heavy atom. The lowest BCUT2D eigenvalue weighted by Gasteiger charge is -2.37. The molecule has 0 aromatic heterocycles. The van der Waals surface area contributed by atoms with E-state index >= 15 is 0 Å². The number of anilines is 1. The summed E-state index contributed by atoms with van der Waals surface area (Å²) < 4.78 is 0. The number of hydrogen-bond donors (Lipinski definition) is 0. The Morgan fingerprint density at radius 1 is 0.897 bits per heavy atom. The van der Waals surface area contributed by atoms with E-state index in [-0.39, 0.29) is 17.7 Å². The SMILES string of the molecule is O=C1CC(Cc2ccccc2)C(=O)N1CN1CCN(c2ccc(Cl)c(Cl)c2)CC1. The Balaban J connectivity index is 1.32. The summed E-state index contributed by atoms with van der Waals surface area (Å²) in [6, 6.07) is 15.5. The van der Waals surface area contributed by atoms with Crippen LogP contribution in [-0.2, 0) is 16.0 Å². The molecule has 2 aromatic carbocycles. The summed E-state index contributed by atoms with van der Waals surface area (Å²) in [5, 5.41) is 1.09. The van der Waals surface area contributed by atoms with Gasteiger partial charge in [-0.2, -0.15) is 0 Å². The lowest BCUT2D eigenvalue weighted by Crippen LogP contribution is -2.51. The molecule has 2 saturated heterocycles. The van der Waals surface area contributed by atoms with Gasteiger partial charge in [-0.3, -0.25) is 19.4 Å². The Morgan fingerprint density at radius 2 is 1.62 bits per heavy atom. The summed E-state index contributed by atoms with van der Waals surface area (Å²) in [5.74, 6) is -0.365. The van der Waals surface area contributed by atoms with E-state index in [1.807, 2.05) is 42.5 Å². The molecule has 4 rings (SSSR count). The van der Waals surface area contributed by atoms with Crippen LogP contribution in [-0.4, -0.2) is 54.5 Å². The fourth-order valence-electron chi connectivity index (χ4n) is 3.99. The second kappa shape index (κ2) is 8.74. The van der Waals surface area contributed by atoms with E-state index in [9.17, 15) is 9.59 Å². The maximum absolute atomic E-state index is 12.8. The molecule has 152 valence electrons. The molecule has 0 N–H and O–H groups in total. The first-order valence-electron chi connectivity index (χ1n) is 9.82. The van der Waals surface area contributed by atoms with Crippen LogP contribution in [0.1, 0.15) is 12.0 Å². The number of carbonyl (C=O) groups is 2. The van der Waals surface area contributed by atoms with Crippen molar-refractivity contribution in [3.8, 4) is 0 Å². The van der Waals surface area contributed by atoms with Crippen LogP contribution >= 0.6 is 23.2 Å². The zero-order valence-corrected chi connectivity index (χ0v) is 17.6. The van der Waals surface area contributed by atoms with Crippen LogP contribution in [0.25, 0.3) is 0 Å². The molecular formula is C22H23Cl2N3O2. The lowest BCUT2D eigenvalue weighted by atomic mass is 9.98. The summed E-state index contributed by atoms with van der Waals surface area (Å²) in [7, 11) is 0. The van der Waals surface area contributed by atoms with Gasteiger partial charge >= 0.3 is 0 Å². The minimum absolute atomic E-state index is 0.0502. The van der Waals surface area contributed by atoms with Crippen molar-refractivity contribution in [2.24, 2.45) is 5.92 Å². The highest BCUT2D eigenvalue weighted by Gasteiger charge is 2.39. The van der Waals surface area contributed by atoms with Gasteiger partial charge in [-0.05, 0) is 30.2 Å². The summed E-state index contributed by atoms with van der Waals surface area (Å²) >= 11 is 12.1. The van der Waals surface area contributed by atoms with Crippen molar-refractivity contribution in [1.82, 2.24) is 9.80 Å². The predicted molar refractivity (Wildman–Crippen MR) is 115 cm³/mol. The molecule has 29 heavy (non-hydrogen) atoms. The van der Waals surface area contributed by atoms with E-state index in [0.29, 0.717) is 29.6 Å². The first-order valence-corrected chi connectivity index (χ1v) is 10.6. The van der Waals surface area contributed by atoms with Crippen LogP contribution in [0.3, 0.4) is 0 Å². The van der Waals surface area contributed by atoms with E-state index in [4.69, 9.17) is 23.2 Å². The molecule has 2 aromatic rings. The van der Waals surface area contributed by atoms with Crippen LogP contribution in [0.2, 0.25) is 10.0 Å². The summed E-state index contributed by atoms with van der Waals surface area (Å²) in [5.41, 5.74) is 2.13. The average molecular weight is 432 g/mol. The van der Waals surface area contributed by atoms with Crippen molar-refractivity contribution >= 4 is 40.7 Å². The van der Waals surface area contributed by atoms with Gasteiger partial charge in [0, 0.05) is 38.3 Å². The molecule has 0 aliphatic carbocycles. The van der Waals surface area contributed by atoms with Gasteiger partial charge in [0.1, 0.15) is 0 Å². The van der Waals surface area contributed by atoms with Gasteiger partial charge in [0.05, 0.1) is 22.6 Å². The van der Waals surface area contributed by atoms with E-state index in [0.717, 1.165) is 37.4 Å². The number of hydrogen-bond acceptors (Lipinski definition) is 4. The predicted octanol–water partition coefficient (Wildman–Crippen LogP) is 3.69. The molecular weight excluding hydrogens is 409 g/mol. The average Bonchev–Trinajstić information content (AvgIpc) is 2.99. The number of piperazine rings is 1. The van der Waals surface area contributed by atoms with E-state index < -0.39 is 0 Å². The smallest absolute Gasteiger partial charge is 0.234 e. The van der Waals surface area contributed by atoms with Gasteiger partial charge in [0.2, 0.25) is 11.8 Å². The molecule has 2 aliphatic heterocycles. The Kier molecular flexibility index (Phi) is 6.09. The van der Waals surface area contributed by atoms with Crippen molar-refractivity contribution in [3.05, 3.63) is 64.1 Å². The van der Waals surface area contributed by atoms with E-state index in [1.165, 1.54) is 4.90 Å². The number of rotatable bonds is 5. The fraction of sp³-hybridized carbons (Fsp3) is 0.364. The van der Waals surface area contributed by atoms with E-state index in [1.54, 1.807) is 6.07 Å². The van der Waals surface area contributed by atoms with Gasteiger partial charge in [0.15, 0.2) is 0 Å². The quantitative estimate of drug-likeness (QED) is 0.677. The van der Waals surface area contributed by atoms with Gasteiger partial charge in [-0.15, -0.1) is 0 Å². The fourth-order valence-corrected chi connectivity index (χ4v) is 4.28. The Bertz CT molecular complexity index is 898. The first-order chi connectivity index (χ1) is 14.0. The minimum atomic E-state index is -0.248. The zero-order chi connectivity index (χ0) is 20.4. The van der Waals surface area contributed by atoms with E-state index in [2.05, 4.69) is 9.80 Å². The van der Waals surface area contributed by atoms with Gasteiger partial charge < -0.3 is 4.90 Å². The Labute approximate surface area is 180 Å². The summed E-state index contributed by atoms with van der Waals surface area (Å²) in [6.45, 7) is 3.54. The highest BCUT2D eigenvalue weighted by atomic mass is 35.5. The van der Waals surface area contributed by atoms with Crippen molar-refractivity contribution < 1.29 is 9.59 Å². The number of likely N-dealkylation sites (tertiary alicyclic amines) is 1. The first kappa shape index (κ1) is 20.2. The number of nitrogens with zero attached hydrogens (tertiary/aromatic N) is 3. The molecule has 2 aliphatic rings. The Hall–Kier alpha value is -2.08.